The summed E-state index contributed by atoms with van der Waals surface area (Å²) in [6.45, 7) is 4.72. The molecule has 2 fully saturated rings. The molecule has 178 valence electrons. The molecule has 3 rings (SSSR count). The van der Waals surface area contributed by atoms with Crippen LogP contribution in [0, 0.1) is 47.1 Å². The van der Waals surface area contributed by atoms with Crippen LogP contribution in [0.15, 0.2) is 12.1 Å². The van der Waals surface area contributed by atoms with Gasteiger partial charge in [-0.3, -0.25) is 0 Å². The highest BCUT2D eigenvalue weighted by molar-refractivity contribution is 5.41. The van der Waals surface area contributed by atoms with Gasteiger partial charge in [0.2, 0.25) is 5.82 Å². The molecule has 0 bridgehead atoms. The molecule has 2 saturated carbocycles. The summed E-state index contributed by atoms with van der Waals surface area (Å²) in [6, 6.07) is 3.06. The van der Waals surface area contributed by atoms with Crippen molar-refractivity contribution in [3.05, 3.63) is 29.3 Å². The van der Waals surface area contributed by atoms with E-state index in [-0.39, 0.29) is 11.3 Å². The van der Waals surface area contributed by atoms with Gasteiger partial charge in [-0.05, 0) is 74.8 Å². The standard InChI is InChI=1S/C29H42F2O/c1-3-5-7-8-22-9-14-24(15-10-22)25-16-11-23(12-17-25)13-18-26-19-20-27(29(31)28(26)30)32-21-6-4-2/h19-20,22-25H,3-12,14-17,21H2,1-2H3/t22-,23?,24-,25?. The maximum Gasteiger partial charge on any atom is 0.201 e. The van der Waals surface area contributed by atoms with Crippen molar-refractivity contribution in [2.75, 3.05) is 6.61 Å². The first-order valence-corrected chi connectivity index (χ1v) is 13.2. The van der Waals surface area contributed by atoms with E-state index in [1.165, 1.54) is 70.3 Å². The van der Waals surface area contributed by atoms with E-state index in [9.17, 15) is 8.78 Å². The molecule has 2 aliphatic rings. The minimum absolute atomic E-state index is 0.0120. The average molecular weight is 445 g/mol. The van der Waals surface area contributed by atoms with E-state index in [1.54, 1.807) is 6.07 Å². The minimum Gasteiger partial charge on any atom is -0.490 e. The summed E-state index contributed by atoms with van der Waals surface area (Å²) < 4.78 is 34.0. The summed E-state index contributed by atoms with van der Waals surface area (Å²) in [5.41, 5.74) is 0.147. The van der Waals surface area contributed by atoms with E-state index < -0.39 is 11.6 Å². The molecular formula is C29H42F2O. The third kappa shape index (κ3) is 7.23. The van der Waals surface area contributed by atoms with Crippen LogP contribution in [-0.2, 0) is 0 Å². The van der Waals surface area contributed by atoms with E-state index in [0.29, 0.717) is 12.5 Å². The van der Waals surface area contributed by atoms with Crippen LogP contribution in [0.5, 0.6) is 5.75 Å². The topological polar surface area (TPSA) is 9.23 Å². The van der Waals surface area contributed by atoms with Crippen LogP contribution in [0.2, 0.25) is 0 Å². The molecule has 0 heterocycles. The fraction of sp³-hybridized carbons (Fsp3) is 0.724. The highest BCUT2D eigenvalue weighted by atomic mass is 19.2. The fourth-order valence-electron chi connectivity index (χ4n) is 5.61. The predicted octanol–water partition coefficient (Wildman–Crippen LogP) is 8.69. The van der Waals surface area contributed by atoms with Crippen LogP contribution < -0.4 is 4.74 Å². The summed E-state index contributed by atoms with van der Waals surface area (Å²) in [4.78, 5) is 0. The van der Waals surface area contributed by atoms with Crippen molar-refractivity contribution in [1.82, 2.24) is 0 Å². The first-order chi connectivity index (χ1) is 15.6. The van der Waals surface area contributed by atoms with Gasteiger partial charge in [0.25, 0.3) is 0 Å². The Labute approximate surface area is 194 Å². The Bertz CT molecular complexity index is 746. The smallest absolute Gasteiger partial charge is 0.201 e. The maximum atomic E-state index is 14.4. The molecule has 0 saturated heterocycles. The van der Waals surface area contributed by atoms with E-state index in [0.717, 1.165) is 43.4 Å². The van der Waals surface area contributed by atoms with Crippen LogP contribution in [0.25, 0.3) is 0 Å². The van der Waals surface area contributed by atoms with E-state index >= 15 is 0 Å². The van der Waals surface area contributed by atoms with Crippen molar-refractivity contribution in [2.24, 2.45) is 23.7 Å². The quantitative estimate of drug-likeness (QED) is 0.273. The van der Waals surface area contributed by atoms with Crippen LogP contribution >= 0.6 is 0 Å². The first kappa shape index (κ1) is 25.1. The number of hydrogen-bond donors (Lipinski definition) is 0. The Balaban J connectivity index is 1.44. The Morgan fingerprint density at radius 1 is 0.812 bits per heavy atom. The highest BCUT2D eigenvalue weighted by Gasteiger charge is 2.30. The molecule has 0 aromatic heterocycles. The van der Waals surface area contributed by atoms with Crippen LogP contribution in [0.3, 0.4) is 0 Å². The Morgan fingerprint density at radius 3 is 2.12 bits per heavy atom. The predicted molar refractivity (Wildman–Crippen MR) is 129 cm³/mol. The van der Waals surface area contributed by atoms with Crippen LogP contribution in [0.4, 0.5) is 8.78 Å². The molecule has 0 N–H and O–H groups in total. The molecule has 0 radical (unpaired) electrons. The summed E-state index contributed by atoms with van der Waals surface area (Å²) in [7, 11) is 0. The average Bonchev–Trinajstić information content (AvgIpc) is 2.82. The maximum absolute atomic E-state index is 14.4. The zero-order valence-corrected chi connectivity index (χ0v) is 20.2. The Hall–Kier alpha value is -1.56. The number of hydrogen-bond acceptors (Lipinski definition) is 1. The SMILES string of the molecule is CCCCC[C@H]1CC[C@H](C2CCC(C#Cc3ccc(OCCCC)c(F)c3F)CC2)CC1. The second-order valence-electron chi connectivity index (χ2n) is 10.1. The molecule has 0 unspecified atom stereocenters. The third-order valence-electron chi connectivity index (χ3n) is 7.76. The molecule has 1 nitrogen and oxygen atoms in total. The fourth-order valence-corrected chi connectivity index (χ4v) is 5.61. The van der Waals surface area contributed by atoms with Crippen molar-refractivity contribution in [3.8, 4) is 17.6 Å². The lowest BCUT2D eigenvalue weighted by molar-refractivity contribution is 0.153. The van der Waals surface area contributed by atoms with Gasteiger partial charge >= 0.3 is 0 Å². The molecule has 0 atom stereocenters. The largest absolute Gasteiger partial charge is 0.490 e. The zero-order valence-electron chi connectivity index (χ0n) is 20.2. The highest BCUT2D eigenvalue weighted by Crippen LogP contribution is 2.42. The Morgan fingerprint density at radius 2 is 1.47 bits per heavy atom. The zero-order chi connectivity index (χ0) is 22.8. The van der Waals surface area contributed by atoms with Gasteiger partial charge in [0.15, 0.2) is 11.6 Å². The van der Waals surface area contributed by atoms with Crippen molar-refractivity contribution in [1.29, 1.82) is 0 Å². The van der Waals surface area contributed by atoms with E-state index in [4.69, 9.17) is 4.74 Å². The second kappa shape index (κ2) is 13.2. The molecular weight excluding hydrogens is 402 g/mol. The molecule has 2 aliphatic carbocycles. The molecule has 0 aliphatic heterocycles. The van der Waals surface area contributed by atoms with Crippen LogP contribution in [-0.4, -0.2) is 6.61 Å². The van der Waals surface area contributed by atoms with E-state index in [1.807, 2.05) is 6.92 Å². The molecule has 3 heteroatoms. The summed E-state index contributed by atoms with van der Waals surface area (Å²) in [5, 5.41) is 0. The van der Waals surface area contributed by atoms with Gasteiger partial charge in [-0.15, -0.1) is 0 Å². The van der Waals surface area contributed by atoms with Gasteiger partial charge in [0, 0.05) is 5.92 Å². The first-order valence-electron chi connectivity index (χ1n) is 13.2. The van der Waals surface area contributed by atoms with Gasteiger partial charge < -0.3 is 4.74 Å². The van der Waals surface area contributed by atoms with Crippen molar-refractivity contribution in [2.45, 2.75) is 104 Å². The molecule has 1 aromatic rings. The van der Waals surface area contributed by atoms with Crippen molar-refractivity contribution >= 4 is 0 Å². The number of ether oxygens (including phenoxy) is 1. The van der Waals surface area contributed by atoms with Gasteiger partial charge in [0.05, 0.1) is 12.2 Å². The minimum atomic E-state index is -0.915. The van der Waals surface area contributed by atoms with Gasteiger partial charge in [0.1, 0.15) is 0 Å². The molecule has 1 aromatic carbocycles. The number of benzene rings is 1. The molecule has 0 spiro atoms. The Kier molecular flexibility index (Phi) is 10.4. The number of rotatable bonds is 9. The third-order valence-corrected chi connectivity index (χ3v) is 7.76. The summed E-state index contributed by atoms with van der Waals surface area (Å²) >= 11 is 0. The van der Waals surface area contributed by atoms with Gasteiger partial charge in [-0.1, -0.05) is 70.6 Å². The van der Waals surface area contributed by atoms with Gasteiger partial charge in [-0.25, -0.2) is 4.39 Å². The lowest BCUT2D eigenvalue weighted by atomic mass is 9.69. The van der Waals surface area contributed by atoms with Crippen molar-refractivity contribution in [3.63, 3.8) is 0 Å². The van der Waals surface area contributed by atoms with Crippen LogP contribution in [0.1, 0.15) is 109 Å². The lowest BCUT2D eigenvalue weighted by Crippen LogP contribution is -2.25. The number of halogens is 2. The second-order valence-corrected chi connectivity index (χ2v) is 10.1. The lowest BCUT2D eigenvalue weighted by Gasteiger charge is -2.37. The molecule has 32 heavy (non-hydrogen) atoms. The van der Waals surface area contributed by atoms with Crippen molar-refractivity contribution < 1.29 is 13.5 Å². The summed E-state index contributed by atoms with van der Waals surface area (Å²) in [5.74, 6) is 7.38. The normalized spacial score (nSPS) is 25.8. The summed E-state index contributed by atoms with van der Waals surface area (Å²) in [6.07, 6.45) is 17.7. The molecule has 0 amide bonds. The number of unbranched alkanes of at least 4 members (excludes halogenated alkanes) is 3. The van der Waals surface area contributed by atoms with Gasteiger partial charge in [-0.2, -0.15) is 4.39 Å². The monoisotopic (exact) mass is 444 g/mol. The van der Waals surface area contributed by atoms with E-state index in [2.05, 4.69) is 18.8 Å².